The van der Waals surface area contributed by atoms with Crippen LogP contribution < -0.4 is 0 Å². The minimum absolute atomic E-state index is 0.0573. The van der Waals surface area contributed by atoms with Gasteiger partial charge in [-0.15, -0.1) is 0 Å². The molecule has 0 aliphatic carbocycles. The highest BCUT2D eigenvalue weighted by Crippen LogP contribution is 2.26. The van der Waals surface area contributed by atoms with Crippen molar-refractivity contribution < 1.29 is 22.7 Å². The van der Waals surface area contributed by atoms with Crippen LogP contribution in [0.5, 0.6) is 0 Å². The second kappa shape index (κ2) is 7.07. The van der Waals surface area contributed by atoms with Gasteiger partial charge in [-0.05, 0) is 18.6 Å². The number of carbonyl (C=O) groups is 2. The molecule has 1 saturated heterocycles. The molecule has 1 heterocycles. The van der Waals surface area contributed by atoms with E-state index in [-0.39, 0.29) is 33.2 Å². The summed E-state index contributed by atoms with van der Waals surface area (Å²) < 4.78 is 27.8. The SMILES string of the molecule is CN(C(=O)COC(=O)c1cccc(Cl)c1Cl)C1CCS(=O)(=O)C1. The lowest BCUT2D eigenvalue weighted by molar-refractivity contribution is -0.134. The zero-order valence-corrected chi connectivity index (χ0v) is 14.6. The first kappa shape index (κ1) is 18.0. The fraction of sp³-hybridized carbons (Fsp3) is 0.429. The first-order valence-electron chi connectivity index (χ1n) is 6.78. The standard InChI is InChI=1S/C14H15Cl2NO5S/c1-17(9-5-6-23(20,21)8-9)12(18)7-22-14(19)10-3-2-4-11(15)13(10)16/h2-4,9H,5-8H2,1H3. The van der Waals surface area contributed by atoms with Gasteiger partial charge in [-0.2, -0.15) is 0 Å². The summed E-state index contributed by atoms with van der Waals surface area (Å²) >= 11 is 11.7. The molecule has 1 aliphatic heterocycles. The zero-order chi connectivity index (χ0) is 17.2. The average Bonchev–Trinajstić information content (AvgIpc) is 2.86. The van der Waals surface area contributed by atoms with Crippen molar-refractivity contribution in [2.45, 2.75) is 12.5 Å². The van der Waals surface area contributed by atoms with E-state index >= 15 is 0 Å². The van der Waals surface area contributed by atoms with Crippen LogP contribution in [0, 0.1) is 0 Å². The summed E-state index contributed by atoms with van der Waals surface area (Å²) in [6.45, 7) is -0.491. The van der Waals surface area contributed by atoms with Gasteiger partial charge in [0.05, 0.1) is 27.1 Å². The molecule has 6 nitrogen and oxygen atoms in total. The van der Waals surface area contributed by atoms with Crippen molar-refractivity contribution in [2.24, 2.45) is 0 Å². The number of rotatable bonds is 4. The molecule has 0 bridgehead atoms. The predicted molar refractivity (Wildman–Crippen MR) is 86.6 cm³/mol. The Labute approximate surface area is 144 Å². The lowest BCUT2D eigenvalue weighted by Crippen LogP contribution is -2.40. The van der Waals surface area contributed by atoms with Crippen molar-refractivity contribution in [3.63, 3.8) is 0 Å². The predicted octanol–water partition coefficient (Wildman–Crippen LogP) is 1.80. The van der Waals surface area contributed by atoms with Crippen LogP contribution in [-0.4, -0.2) is 56.4 Å². The molecule has 1 amide bonds. The highest BCUT2D eigenvalue weighted by atomic mass is 35.5. The highest BCUT2D eigenvalue weighted by molar-refractivity contribution is 7.91. The largest absolute Gasteiger partial charge is 0.452 e. The molecule has 9 heteroatoms. The Morgan fingerprint density at radius 3 is 2.65 bits per heavy atom. The Balaban J connectivity index is 1.94. The van der Waals surface area contributed by atoms with E-state index in [9.17, 15) is 18.0 Å². The van der Waals surface area contributed by atoms with E-state index in [1.807, 2.05) is 0 Å². The Morgan fingerprint density at radius 2 is 2.04 bits per heavy atom. The Morgan fingerprint density at radius 1 is 1.35 bits per heavy atom. The molecular formula is C14H15Cl2NO5S. The summed E-state index contributed by atoms with van der Waals surface area (Å²) in [5, 5.41) is 0.266. The molecule has 0 saturated carbocycles. The summed E-state index contributed by atoms with van der Waals surface area (Å²) in [5.41, 5.74) is 0.0677. The third-order valence-corrected chi connectivity index (χ3v) is 6.22. The monoisotopic (exact) mass is 379 g/mol. The van der Waals surface area contributed by atoms with Crippen LogP contribution in [0.15, 0.2) is 18.2 Å². The number of esters is 1. The first-order valence-corrected chi connectivity index (χ1v) is 9.36. The number of halogens is 2. The molecule has 1 aliphatic rings. The summed E-state index contributed by atoms with van der Waals surface area (Å²) in [4.78, 5) is 25.3. The van der Waals surface area contributed by atoms with Crippen LogP contribution in [-0.2, 0) is 19.4 Å². The summed E-state index contributed by atoms with van der Waals surface area (Å²) in [5.74, 6) is -1.24. The number of ether oxygens (including phenoxy) is 1. The Kier molecular flexibility index (Phi) is 5.54. The molecule has 126 valence electrons. The highest BCUT2D eigenvalue weighted by Gasteiger charge is 2.33. The molecule has 0 aromatic heterocycles. The lowest BCUT2D eigenvalue weighted by Gasteiger charge is -2.23. The Bertz CT molecular complexity index is 735. The summed E-state index contributed by atoms with van der Waals surface area (Å²) in [6.07, 6.45) is 0.388. The van der Waals surface area contributed by atoms with Gasteiger partial charge < -0.3 is 9.64 Å². The number of nitrogens with zero attached hydrogens (tertiary/aromatic N) is 1. The van der Waals surface area contributed by atoms with E-state index < -0.39 is 28.3 Å². The normalized spacial score (nSPS) is 19.3. The van der Waals surface area contributed by atoms with Crippen molar-refractivity contribution in [2.75, 3.05) is 25.2 Å². The molecule has 1 atom stereocenters. The minimum atomic E-state index is -3.09. The fourth-order valence-electron chi connectivity index (χ4n) is 2.25. The van der Waals surface area contributed by atoms with Gasteiger partial charge in [-0.25, -0.2) is 13.2 Å². The first-order chi connectivity index (χ1) is 10.7. The molecule has 1 fully saturated rings. The lowest BCUT2D eigenvalue weighted by atomic mass is 10.2. The molecule has 2 rings (SSSR count). The number of benzene rings is 1. The number of hydrogen-bond donors (Lipinski definition) is 0. The number of hydrogen-bond acceptors (Lipinski definition) is 5. The third kappa shape index (κ3) is 4.37. The maximum absolute atomic E-state index is 12.0. The molecule has 0 spiro atoms. The van der Waals surface area contributed by atoms with E-state index in [2.05, 4.69) is 0 Å². The quantitative estimate of drug-likeness (QED) is 0.744. The molecule has 1 unspecified atom stereocenters. The van der Waals surface area contributed by atoms with Crippen LogP contribution in [0.3, 0.4) is 0 Å². The molecule has 1 aromatic rings. The summed E-state index contributed by atoms with van der Waals surface area (Å²) in [6, 6.07) is 4.12. The second-order valence-electron chi connectivity index (χ2n) is 5.24. The van der Waals surface area contributed by atoms with Gasteiger partial charge >= 0.3 is 5.97 Å². The van der Waals surface area contributed by atoms with Crippen LogP contribution in [0.25, 0.3) is 0 Å². The van der Waals surface area contributed by atoms with Crippen LogP contribution in [0.4, 0.5) is 0 Å². The van der Waals surface area contributed by atoms with Crippen LogP contribution >= 0.6 is 23.2 Å². The van der Waals surface area contributed by atoms with E-state index in [1.165, 1.54) is 24.1 Å². The van der Waals surface area contributed by atoms with Gasteiger partial charge in [0.2, 0.25) is 0 Å². The molecular weight excluding hydrogens is 365 g/mol. The number of likely N-dealkylation sites (N-methyl/N-ethyl adjacent to an activating group) is 1. The van der Waals surface area contributed by atoms with Gasteiger partial charge in [0.1, 0.15) is 0 Å². The minimum Gasteiger partial charge on any atom is -0.452 e. The van der Waals surface area contributed by atoms with E-state index in [1.54, 1.807) is 6.07 Å². The van der Waals surface area contributed by atoms with E-state index in [4.69, 9.17) is 27.9 Å². The maximum Gasteiger partial charge on any atom is 0.340 e. The van der Waals surface area contributed by atoms with Crippen molar-refractivity contribution in [3.8, 4) is 0 Å². The molecule has 0 radical (unpaired) electrons. The third-order valence-electron chi connectivity index (χ3n) is 3.65. The van der Waals surface area contributed by atoms with Crippen molar-refractivity contribution in [1.29, 1.82) is 0 Å². The molecule has 0 N–H and O–H groups in total. The van der Waals surface area contributed by atoms with E-state index in [0.717, 1.165) is 0 Å². The van der Waals surface area contributed by atoms with Gasteiger partial charge in [0.15, 0.2) is 16.4 Å². The van der Waals surface area contributed by atoms with Crippen molar-refractivity contribution in [1.82, 2.24) is 4.90 Å². The van der Waals surface area contributed by atoms with Gasteiger partial charge in [0, 0.05) is 13.1 Å². The van der Waals surface area contributed by atoms with Crippen LogP contribution in [0.2, 0.25) is 10.0 Å². The van der Waals surface area contributed by atoms with Crippen LogP contribution in [0.1, 0.15) is 16.8 Å². The van der Waals surface area contributed by atoms with Gasteiger partial charge in [-0.3, -0.25) is 4.79 Å². The molecule has 1 aromatic carbocycles. The zero-order valence-electron chi connectivity index (χ0n) is 12.3. The van der Waals surface area contributed by atoms with Gasteiger partial charge in [0.25, 0.3) is 5.91 Å². The maximum atomic E-state index is 12.0. The van der Waals surface area contributed by atoms with Crippen molar-refractivity contribution in [3.05, 3.63) is 33.8 Å². The Hall–Kier alpha value is -1.31. The number of sulfone groups is 1. The summed E-state index contributed by atoms with van der Waals surface area (Å²) in [7, 11) is -1.60. The number of carbonyl (C=O) groups excluding carboxylic acids is 2. The molecule has 23 heavy (non-hydrogen) atoms. The number of amides is 1. The smallest absolute Gasteiger partial charge is 0.340 e. The topological polar surface area (TPSA) is 80.8 Å². The van der Waals surface area contributed by atoms with E-state index in [0.29, 0.717) is 6.42 Å². The average molecular weight is 380 g/mol. The van der Waals surface area contributed by atoms with Crippen molar-refractivity contribution >= 4 is 44.9 Å². The second-order valence-corrected chi connectivity index (χ2v) is 8.25. The van der Waals surface area contributed by atoms with Gasteiger partial charge in [-0.1, -0.05) is 29.3 Å². The fourth-order valence-corrected chi connectivity index (χ4v) is 4.40.